The van der Waals surface area contributed by atoms with Crippen molar-refractivity contribution in [2.45, 2.75) is 0 Å². The van der Waals surface area contributed by atoms with Crippen LogP contribution in [0.1, 0.15) is 15.4 Å². The van der Waals surface area contributed by atoms with Crippen LogP contribution in [0.25, 0.3) is 5.53 Å². The number of carbonyl (C=O) groups is 2. The summed E-state index contributed by atoms with van der Waals surface area (Å²) in [6, 6.07) is 8.75. The quantitative estimate of drug-likeness (QED) is 0.487. The van der Waals surface area contributed by atoms with E-state index in [2.05, 4.69) is 25.0 Å². The van der Waals surface area contributed by atoms with Crippen molar-refractivity contribution in [2.24, 2.45) is 0 Å². The molecule has 0 aliphatic carbocycles. The Bertz CT molecular complexity index is 720. The Kier molecular flexibility index (Phi) is 4.50. The van der Waals surface area contributed by atoms with Gasteiger partial charge in [-0.3, -0.25) is 9.59 Å². The number of benzene rings is 1. The highest BCUT2D eigenvalue weighted by Crippen LogP contribution is 2.14. The van der Waals surface area contributed by atoms with Crippen LogP contribution >= 0.6 is 11.5 Å². The first-order valence-electron chi connectivity index (χ1n) is 5.80. The average Bonchev–Trinajstić information content (AvgIpc) is 2.98. The molecule has 0 bridgehead atoms. The molecule has 8 nitrogen and oxygen atoms in total. The summed E-state index contributed by atoms with van der Waals surface area (Å²) < 4.78 is 3.63. The first kappa shape index (κ1) is 14.5. The van der Waals surface area contributed by atoms with Crippen LogP contribution in [0.5, 0.6) is 0 Å². The van der Waals surface area contributed by atoms with Crippen LogP contribution in [0.2, 0.25) is 0 Å². The number of nitrogens with one attached hydrogen (secondary N) is 2. The van der Waals surface area contributed by atoms with Crippen molar-refractivity contribution in [3.63, 3.8) is 0 Å². The molecule has 0 unspecified atom stereocenters. The standard InChI is InChI=1S/C12H10N6O2S/c1-14-11(19)8(16-13)10-9(17-18-21-10)12(20)15-7-5-3-2-4-6-7/h2-6H,1H3,(H,14,19)(H,15,20). The fourth-order valence-electron chi connectivity index (χ4n) is 1.52. The number of nitrogens with zero attached hydrogens (tertiary/aromatic N) is 4. The van der Waals surface area contributed by atoms with Crippen LogP contribution in [0, 0.1) is 0 Å². The third kappa shape index (κ3) is 3.16. The second kappa shape index (κ2) is 6.51. The van der Waals surface area contributed by atoms with E-state index in [4.69, 9.17) is 5.53 Å². The van der Waals surface area contributed by atoms with E-state index in [1.165, 1.54) is 7.05 Å². The van der Waals surface area contributed by atoms with Crippen molar-refractivity contribution in [1.29, 1.82) is 0 Å². The summed E-state index contributed by atoms with van der Waals surface area (Å²) in [5.74, 6) is -1.19. The van der Waals surface area contributed by atoms with E-state index in [0.29, 0.717) is 5.69 Å². The maximum absolute atomic E-state index is 12.2. The van der Waals surface area contributed by atoms with Crippen LogP contribution in [0.4, 0.5) is 5.69 Å². The first-order valence-corrected chi connectivity index (χ1v) is 6.58. The van der Waals surface area contributed by atoms with Gasteiger partial charge in [0.15, 0.2) is 10.6 Å². The summed E-state index contributed by atoms with van der Waals surface area (Å²) in [6.45, 7) is 0. The lowest BCUT2D eigenvalue weighted by Crippen LogP contribution is -2.30. The molecule has 0 atom stereocenters. The lowest BCUT2D eigenvalue weighted by molar-refractivity contribution is -0.118. The van der Waals surface area contributed by atoms with E-state index in [9.17, 15) is 9.59 Å². The SMILES string of the molecule is CNC(=O)C(=[N+]=[N-])c1snnc1C(=O)Nc1ccccc1. The number of para-hydroxylation sites is 1. The molecule has 2 rings (SSSR count). The van der Waals surface area contributed by atoms with Crippen LogP contribution in [-0.4, -0.2) is 39.0 Å². The molecule has 0 spiro atoms. The van der Waals surface area contributed by atoms with E-state index in [1.54, 1.807) is 24.3 Å². The Hall–Kier alpha value is -2.90. The van der Waals surface area contributed by atoms with Gasteiger partial charge in [0.05, 0.1) is 0 Å². The highest BCUT2D eigenvalue weighted by Gasteiger charge is 2.31. The van der Waals surface area contributed by atoms with E-state index < -0.39 is 11.8 Å². The molecule has 0 radical (unpaired) electrons. The number of anilines is 1. The lowest BCUT2D eigenvalue weighted by Gasteiger charge is -2.02. The van der Waals surface area contributed by atoms with Gasteiger partial charge in [0.2, 0.25) is 0 Å². The highest BCUT2D eigenvalue weighted by molar-refractivity contribution is 7.09. The predicted molar refractivity (Wildman–Crippen MR) is 76.1 cm³/mol. The number of amides is 2. The molecule has 0 saturated heterocycles. The molecule has 1 aromatic carbocycles. The van der Waals surface area contributed by atoms with E-state index in [-0.39, 0.29) is 16.3 Å². The van der Waals surface area contributed by atoms with Gasteiger partial charge < -0.3 is 16.2 Å². The van der Waals surface area contributed by atoms with Gasteiger partial charge in [-0.2, -0.15) is 4.79 Å². The van der Waals surface area contributed by atoms with Gasteiger partial charge in [-0.1, -0.05) is 22.7 Å². The second-order valence-electron chi connectivity index (χ2n) is 3.80. The zero-order chi connectivity index (χ0) is 15.2. The first-order chi connectivity index (χ1) is 10.2. The molecule has 0 aliphatic heterocycles. The molecule has 0 saturated carbocycles. The minimum Gasteiger partial charge on any atom is -0.360 e. The van der Waals surface area contributed by atoms with Crippen molar-refractivity contribution in [3.05, 3.63) is 46.4 Å². The van der Waals surface area contributed by atoms with Crippen molar-refractivity contribution >= 4 is 34.7 Å². The Morgan fingerprint density at radius 3 is 2.62 bits per heavy atom. The van der Waals surface area contributed by atoms with Crippen molar-refractivity contribution < 1.29 is 14.4 Å². The zero-order valence-electron chi connectivity index (χ0n) is 10.9. The number of hydrogen-bond donors (Lipinski definition) is 2. The summed E-state index contributed by atoms with van der Waals surface area (Å²) in [6.07, 6.45) is 0. The lowest BCUT2D eigenvalue weighted by atomic mass is 10.2. The molecule has 106 valence electrons. The fourth-order valence-corrected chi connectivity index (χ4v) is 2.16. The third-order valence-corrected chi connectivity index (χ3v) is 3.22. The molecule has 21 heavy (non-hydrogen) atoms. The minimum absolute atomic E-state index is 0.0831. The summed E-state index contributed by atoms with van der Waals surface area (Å²) in [5.41, 5.74) is 9.12. The zero-order valence-corrected chi connectivity index (χ0v) is 11.7. The summed E-state index contributed by atoms with van der Waals surface area (Å²) in [7, 11) is 1.38. The molecule has 9 heteroatoms. The van der Waals surface area contributed by atoms with Crippen LogP contribution in [0.3, 0.4) is 0 Å². The smallest absolute Gasteiger partial charge is 0.360 e. The highest BCUT2D eigenvalue weighted by atomic mass is 32.1. The maximum atomic E-state index is 12.2. The van der Waals surface area contributed by atoms with Crippen LogP contribution in [-0.2, 0) is 4.79 Å². The van der Waals surface area contributed by atoms with E-state index >= 15 is 0 Å². The number of likely N-dealkylation sites (N-methyl/N-ethyl adjacent to an activating group) is 1. The molecular formula is C12H10N6O2S. The Morgan fingerprint density at radius 1 is 1.29 bits per heavy atom. The number of carbonyl (C=O) groups excluding carboxylic acids is 2. The fraction of sp³-hybridized carbons (Fsp3) is 0.0833. The Morgan fingerprint density at radius 2 is 2.00 bits per heavy atom. The van der Waals surface area contributed by atoms with Crippen LogP contribution < -0.4 is 10.6 Å². The topological polar surface area (TPSA) is 120 Å². The largest absolute Gasteiger partial charge is 0.400 e. The predicted octanol–water partition coefficient (Wildman–Crippen LogP) is 0.555. The van der Waals surface area contributed by atoms with Gasteiger partial charge in [0, 0.05) is 12.7 Å². The van der Waals surface area contributed by atoms with Gasteiger partial charge >= 0.3 is 11.6 Å². The van der Waals surface area contributed by atoms with E-state index in [1.807, 2.05) is 6.07 Å². The summed E-state index contributed by atoms with van der Waals surface area (Å²) in [4.78, 5) is 26.7. The molecule has 2 N–H and O–H groups in total. The Labute approximate surface area is 123 Å². The maximum Gasteiger partial charge on any atom is 0.400 e. The minimum atomic E-state index is -0.641. The molecule has 0 aliphatic rings. The second-order valence-corrected chi connectivity index (χ2v) is 4.55. The van der Waals surface area contributed by atoms with Gasteiger partial charge in [-0.05, 0) is 23.7 Å². The van der Waals surface area contributed by atoms with Crippen molar-refractivity contribution in [2.75, 3.05) is 12.4 Å². The number of aromatic nitrogens is 2. The van der Waals surface area contributed by atoms with Gasteiger partial charge in [0.25, 0.3) is 5.91 Å². The van der Waals surface area contributed by atoms with Crippen molar-refractivity contribution in [1.82, 2.24) is 14.9 Å². The van der Waals surface area contributed by atoms with E-state index in [0.717, 1.165) is 11.5 Å². The molecular weight excluding hydrogens is 292 g/mol. The molecule has 0 fully saturated rings. The average molecular weight is 302 g/mol. The molecule has 1 heterocycles. The summed E-state index contributed by atoms with van der Waals surface area (Å²) >= 11 is 0.791. The normalized spacial score (nSPS) is 9.57. The molecule has 2 aromatic rings. The van der Waals surface area contributed by atoms with Gasteiger partial charge in [-0.15, -0.1) is 5.10 Å². The van der Waals surface area contributed by atoms with Crippen LogP contribution in [0.15, 0.2) is 30.3 Å². The third-order valence-electron chi connectivity index (χ3n) is 2.49. The summed E-state index contributed by atoms with van der Waals surface area (Å²) in [5, 5.41) is 8.61. The molecule has 2 amide bonds. The van der Waals surface area contributed by atoms with Crippen molar-refractivity contribution in [3.8, 4) is 0 Å². The Balaban J connectivity index is 2.30. The monoisotopic (exact) mass is 302 g/mol. The molecule has 1 aromatic heterocycles. The van der Waals surface area contributed by atoms with Gasteiger partial charge in [0.1, 0.15) is 0 Å². The van der Waals surface area contributed by atoms with Gasteiger partial charge in [-0.25, -0.2) is 0 Å². The number of hydrogen-bond acceptors (Lipinski definition) is 5. The number of rotatable bonds is 4.